The summed E-state index contributed by atoms with van der Waals surface area (Å²) < 4.78 is 21.4. The first-order valence-electron chi connectivity index (χ1n) is 8.25. The zero-order valence-electron chi connectivity index (χ0n) is 15.8. The quantitative estimate of drug-likeness (QED) is 0.725. The van der Waals surface area contributed by atoms with E-state index in [0.29, 0.717) is 29.5 Å². The third kappa shape index (κ3) is 4.81. The number of nitrogens with zero attached hydrogens (tertiary/aromatic N) is 1. The number of benzene rings is 2. The number of likely N-dealkylation sites (N-methyl/N-ethyl adjacent to an activating group) is 1. The van der Waals surface area contributed by atoms with Crippen LogP contribution in [0.4, 0.5) is 0 Å². The second kappa shape index (κ2) is 8.99. The van der Waals surface area contributed by atoms with Crippen LogP contribution in [-0.4, -0.2) is 45.3 Å². The molecule has 1 atom stereocenters. The Kier molecular flexibility index (Phi) is 6.72. The van der Waals surface area contributed by atoms with Crippen LogP contribution in [0.3, 0.4) is 0 Å². The normalized spacial score (nSPS) is 11.4. The SMILES string of the molecule is COc1cccc(O[C@@H](C)C(=O)N(C)Cc2ccc(OC)c(OC)c2)c1. The molecule has 0 saturated heterocycles. The first-order valence-corrected chi connectivity index (χ1v) is 8.25. The number of amides is 1. The van der Waals surface area contributed by atoms with Crippen LogP contribution < -0.4 is 18.9 Å². The minimum atomic E-state index is -0.618. The molecule has 2 aromatic rings. The van der Waals surface area contributed by atoms with E-state index in [9.17, 15) is 4.79 Å². The maximum atomic E-state index is 12.6. The highest BCUT2D eigenvalue weighted by atomic mass is 16.5. The number of carbonyl (C=O) groups excluding carboxylic acids is 1. The predicted molar refractivity (Wildman–Crippen MR) is 99.1 cm³/mol. The summed E-state index contributed by atoms with van der Waals surface area (Å²) in [5.74, 6) is 2.43. The van der Waals surface area contributed by atoms with Crippen molar-refractivity contribution in [3.8, 4) is 23.0 Å². The average molecular weight is 359 g/mol. The molecule has 2 rings (SSSR count). The molecule has 0 aliphatic rings. The van der Waals surface area contributed by atoms with Gasteiger partial charge in [0, 0.05) is 19.7 Å². The second-order valence-electron chi connectivity index (χ2n) is 5.82. The summed E-state index contributed by atoms with van der Waals surface area (Å²) in [5, 5.41) is 0. The third-order valence-corrected chi connectivity index (χ3v) is 3.95. The van der Waals surface area contributed by atoms with Crippen LogP contribution in [0.15, 0.2) is 42.5 Å². The smallest absolute Gasteiger partial charge is 0.263 e. The minimum Gasteiger partial charge on any atom is -0.497 e. The average Bonchev–Trinajstić information content (AvgIpc) is 2.67. The van der Waals surface area contributed by atoms with Gasteiger partial charge in [0.25, 0.3) is 5.91 Å². The highest BCUT2D eigenvalue weighted by molar-refractivity contribution is 5.80. The lowest BCUT2D eigenvalue weighted by atomic mass is 10.2. The standard InChI is InChI=1S/C20H25NO5/c1-14(26-17-8-6-7-16(12-17)23-3)20(22)21(2)13-15-9-10-18(24-4)19(11-15)25-5/h6-12,14H,13H2,1-5H3/t14-/m0/s1. The topological polar surface area (TPSA) is 57.2 Å². The number of hydrogen-bond donors (Lipinski definition) is 0. The molecule has 0 unspecified atom stereocenters. The Morgan fingerprint density at radius 1 is 0.962 bits per heavy atom. The van der Waals surface area contributed by atoms with E-state index in [4.69, 9.17) is 18.9 Å². The number of methoxy groups -OCH3 is 3. The van der Waals surface area contributed by atoms with Gasteiger partial charge in [-0.15, -0.1) is 0 Å². The van der Waals surface area contributed by atoms with Crippen molar-refractivity contribution >= 4 is 5.91 Å². The van der Waals surface area contributed by atoms with Crippen LogP contribution in [0.1, 0.15) is 12.5 Å². The van der Waals surface area contributed by atoms with Gasteiger partial charge in [-0.05, 0) is 36.8 Å². The van der Waals surface area contributed by atoms with Crippen molar-refractivity contribution in [2.75, 3.05) is 28.4 Å². The molecule has 0 saturated carbocycles. The molecule has 140 valence electrons. The highest BCUT2D eigenvalue weighted by Crippen LogP contribution is 2.28. The van der Waals surface area contributed by atoms with E-state index in [1.54, 1.807) is 52.3 Å². The van der Waals surface area contributed by atoms with Crippen molar-refractivity contribution in [2.24, 2.45) is 0 Å². The van der Waals surface area contributed by atoms with Gasteiger partial charge in [-0.25, -0.2) is 0 Å². The Morgan fingerprint density at radius 3 is 2.31 bits per heavy atom. The predicted octanol–water partition coefficient (Wildman–Crippen LogP) is 3.14. The molecule has 0 radical (unpaired) electrons. The first kappa shape index (κ1) is 19.4. The highest BCUT2D eigenvalue weighted by Gasteiger charge is 2.20. The van der Waals surface area contributed by atoms with Crippen LogP contribution >= 0.6 is 0 Å². The van der Waals surface area contributed by atoms with Crippen molar-refractivity contribution in [1.29, 1.82) is 0 Å². The summed E-state index contributed by atoms with van der Waals surface area (Å²) in [6.07, 6.45) is -0.618. The van der Waals surface area contributed by atoms with Gasteiger partial charge in [0.05, 0.1) is 21.3 Å². The molecule has 0 spiro atoms. The number of ether oxygens (including phenoxy) is 4. The van der Waals surface area contributed by atoms with Crippen molar-refractivity contribution < 1.29 is 23.7 Å². The van der Waals surface area contributed by atoms with E-state index in [1.165, 1.54) is 0 Å². The Labute approximate surface area is 154 Å². The van der Waals surface area contributed by atoms with E-state index in [2.05, 4.69) is 0 Å². The fraction of sp³-hybridized carbons (Fsp3) is 0.350. The molecular weight excluding hydrogens is 334 g/mol. The van der Waals surface area contributed by atoms with E-state index in [0.717, 1.165) is 5.56 Å². The third-order valence-electron chi connectivity index (χ3n) is 3.95. The molecule has 0 bridgehead atoms. The molecular formula is C20H25NO5. The molecule has 2 aromatic carbocycles. The molecule has 0 fully saturated rings. The molecule has 6 heteroatoms. The van der Waals surface area contributed by atoms with Gasteiger partial charge in [0.2, 0.25) is 0 Å². The Hall–Kier alpha value is -2.89. The van der Waals surface area contributed by atoms with Gasteiger partial charge in [0.1, 0.15) is 11.5 Å². The molecule has 0 N–H and O–H groups in total. The Morgan fingerprint density at radius 2 is 1.65 bits per heavy atom. The molecule has 1 amide bonds. The van der Waals surface area contributed by atoms with Gasteiger partial charge < -0.3 is 23.8 Å². The van der Waals surface area contributed by atoms with E-state index in [-0.39, 0.29) is 5.91 Å². The fourth-order valence-corrected chi connectivity index (χ4v) is 2.57. The molecule has 6 nitrogen and oxygen atoms in total. The van der Waals surface area contributed by atoms with Gasteiger partial charge in [-0.1, -0.05) is 12.1 Å². The summed E-state index contributed by atoms with van der Waals surface area (Å²) in [6, 6.07) is 12.8. The van der Waals surface area contributed by atoms with Crippen molar-refractivity contribution in [3.05, 3.63) is 48.0 Å². The van der Waals surface area contributed by atoms with Crippen LogP contribution in [0.2, 0.25) is 0 Å². The van der Waals surface area contributed by atoms with E-state index < -0.39 is 6.10 Å². The maximum absolute atomic E-state index is 12.6. The lowest BCUT2D eigenvalue weighted by Crippen LogP contribution is -2.37. The summed E-state index contributed by atoms with van der Waals surface area (Å²) in [6.45, 7) is 2.16. The van der Waals surface area contributed by atoms with E-state index in [1.807, 2.05) is 30.3 Å². The summed E-state index contributed by atoms with van der Waals surface area (Å²) in [4.78, 5) is 14.2. The molecule has 0 aromatic heterocycles. The van der Waals surface area contributed by atoms with E-state index >= 15 is 0 Å². The first-order chi connectivity index (χ1) is 12.5. The molecule has 0 aliphatic carbocycles. The zero-order valence-corrected chi connectivity index (χ0v) is 15.8. The minimum absolute atomic E-state index is 0.123. The summed E-state index contributed by atoms with van der Waals surface area (Å²) in [5.41, 5.74) is 0.937. The molecule has 0 heterocycles. The monoisotopic (exact) mass is 359 g/mol. The zero-order chi connectivity index (χ0) is 19.1. The summed E-state index contributed by atoms with van der Waals surface area (Å²) in [7, 11) is 6.50. The maximum Gasteiger partial charge on any atom is 0.263 e. The van der Waals surface area contributed by atoms with Crippen LogP contribution in [0.5, 0.6) is 23.0 Å². The largest absolute Gasteiger partial charge is 0.497 e. The van der Waals surface area contributed by atoms with Crippen molar-refractivity contribution in [3.63, 3.8) is 0 Å². The number of hydrogen-bond acceptors (Lipinski definition) is 5. The molecule has 0 aliphatic heterocycles. The number of rotatable bonds is 8. The second-order valence-corrected chi connectivity index (χ2v) is 5.82. The summed E-state index contributed by atoms with van der Waals surface area (Å²) >= 11 is 0. The van der Waals surface area contributed by atoms with Gasteiger partial charge in [0.15, 0.2) is 17.6 Å². The number of carbonyl (C=O) groups is 1. The van der Waals surface area contributed by atoms with Gasteiger partial charge >= 0.3 is 0 Å². The Balaban J connectivity index is 2.01. The van der Waals surface area contributed by atoms with Gasteiger partial charge in [-0.3, -0.25) is 4.79 Å². The lowest BCUT2D eigenvalue weighted by molar-refractivity contribution is -0.137. The van der Waals surface area contributed by atoms with Crippen LogP contribution in [-0.2, 0) is 11.3 Å². The van der Waals surface area contributed by atoms with Crippen molar-refractivity contribution in [1.82, 2.24) is 4.90 Å². The Bertz CT molecular complexity index is 747. The lowest BCUT2D eigenvalue weighted by Gasteiger charge is -2.22. The van der Waals surface area contributed by atoms with Gasteiger partial charge in [-0.2, -0.15) is 0 Å². The molecule has 26 heavy (non-hydrogen) atoms. The fourth-order valence-electron chi connectivity index (χ4n) is 2.57. The van der Waals surface area contributed by atoms with Crippen molar-refractivity contribution in [2.45, 2.75) is 19.6 Å². The van der Waals surface area contributed by atoms with Crippen LogP contribution in [0, 0.1) is 0 Å². The van der Waals surface area contributed by atoms with Crippen LogP contribution in [0.25, 0.3) is 0 Å².